The van der Waals surface area contributed by atoms with E-state index in [0.29, 0.717) is 0 Å². The van der Waals surface area contributed by atoms with Crippen LogP contribution in [0.3, 0.4) is 0 Å². The van der Waals surface area contributed by atoms with Crippen LogP contribution >= 0.6 is 11.8 Å². The molecule has 2 aromatic rings. The summed E-state index contributed by atoms with van der Waals surface area (Å²) in [4.78, 5) is 13.3. The number of rotatable bonds is 4. The minimum absolute atomic E-state index is 0.718. The zero-order chi connectivity index (χ0) is 13.7. The maximum Gasteiger partial charge on any atom is 0.411 e. The van der Waals surface area contributed by atoms with Crippen LogP contribution in [0.25, 0.3) is 0 Å². The average molecular weight is 273 g/mol. The van der Waals surface area contributed by atoms with Gasteiger partial charge in [-0.05, 0) is 17.7 Å². The number of amides is 1. The summed E-state index contributed by atoms with van der Waals surface area (Å²) in [5.41, 5.74) is 1.94. The molecular formula is C15H15NO2S. The molecule has 0 atom stereocenters. The summed E-state index contributed by atoms with van der Waals surface area (Å²) in [7, 11) is 1.56. The Kier molecular flexibility index (Phi) is 4.47. The highest BCUT2D eigenvalue weighted by molar-refractivity contribution is 7.98. The standard InChI is InChI=1S/C15H15NO2S/c1-16(15(17)18)13-9-5-6-10-14(13)19-11-12-7-3-2-4-8-12/h2-10H,11H2,1H3,(H,17,18). The predicted molar refractivity (Wildman–Crippen MR) is 78.9 cm³/mol. The van der Waals surface area contributed by atoms with Crippen molar-refractivity contribution in [1.82, 2.24) is 0 Å². The van der Waals surface area contributed by atoms with Gasteiger partial charge in [0.15, 0.2) is 0 Å². The molecule has 0 radical (unpaired) electrons. The molecule has 0 aliphatic carbocycles. The highest BCUT2D eigenvalue weighted by Crippen LogP contribution is 2.31. The van der Waals surface area contributed by atoms with E-state index in [1.807, 2.05) is 42.5 Å². The Hall–Kier alpha value is -1.94. The topological polar surface area (TPSA) is 40.5 Å². The molecule has 0 aliphatic rings. The number of hydrogen-bond donors (Lipinski definition) is 1. The molecule has 0 saturated heterocycles. The van der Waals surface area contributed by atoms with Crippen molar-refractivity contribution in [2.24, 2.45) is 0 Å². The first-order valence-electron chi connectivity index (χ1n) is 5.91. The van der Waals surface area contributed by atoms with Gasteiger partial charge in [-0.25, -0.2) is 4.79 Å². The van der Waals surface area contributed by atoms with Crippen LogP contribution in [0.2, 0.25) is 0 Å². The van der Waals surface area contributed by atoms with Gasteiger partial charge in [-0.2, -0.15) is 0 Å². The van der Waals surface area contributed by atoms with Crippen LogP contribution in [-0.2, 0) is 5.75 Å². The number of para-hydroxylation sites is 1. The van der Waals surface area contributed by atoms with Gasteiger partial charge in [0.1, 0.15) is 0 Å². The molecule has 0 aromatic heterocycles. The lowest BCUT2D eigenvalue weighted by atomic mass is 10.2. The van der Waals surface area contributed by atoms with E-state index < -0.39 is 6.09 Å². The number of thioether (sulfide) groups is 1. The van der Waals surface area contributed by atoms with E-state index in [1.54, 1.807) is 18.8 Å². The Morgan fingerprint density at radius 3 is 2.42 bits per heavy atom. The van der Waals surface area contributed by atoms with Crippen molar-refractivity contribution in [2.45, 2.75) is 10.6 Å². The van der Waals surface area contributed by atoms with Gasteiger partial charge >= 0.3 is 6.09 Å². The van der Waals surface area contributed by atoms with Crippen LogP contribution in [0.15, 0.2) is 59.5 Å². The molecule has 2 aromatic carbocycles. The van der Waals surface area contributed by atoms with Crippen molar-refractivity contribution in [3.05, 3.63) is 60.2 Å². The maximum absolute atomic E-state index is 11.0. The highest BCUT2D eigenvalue weighted by atomic mass is 32.2. The van der Waals surface area contributed by atoms with E-state index in [2.05, 4.69) is 12.1 Å². The van der Waals surface area contributed by atoms with E-state index in [-0.39, 0.29) is 0 Å². The Labute approximate surface area is 116 Å². The van der Waals surface area contributed by atoms with Crippen LogP contribution in [0, 0.1) is 0 Å². The van der Waals surface area contributed by atoms with E-state index >= 15 is 0 Å². The van der Waals surface area contributed by atoms with Crippen LogP contribution in [0.5, 0.6) is 0 Å². The van der Waals surface area contributed by atoms with Gasteiger partial charge in [0, 0.05) is 17.7 Å². The van der Waals surface area contributed by atoms with E-state index in [4.69, 9.17) is 5.11 Å². The fourth-order valence-electron chi connectivity index (χ4n) is 1.69. The molecule has 0 unspecified atom stereocenters. The van der Waals surface area contributed by atoms with E-state index in [1.165, 1.54) is 10.5 Å². The smallest absolute Gasteiger partial charge is 0.411 e. The van der Waals surface area contributed by atoms with Gasteiger partial charge in [-0.1, -0.05) is 42.5 Å². The van der Waals surface area contributed by atoms with E-state index in [0.717, 1.165) is 16.3 Å². The van der Waals surface area contributed by atoms with Crippen LogP contribution in [0.1, 0.15) is 5.56 Å². The zero-order valence-electron chi connectivity index (χ0n) is 10.6. The predicted octanol–water partition coefficient (Wildman–Crippen LogP) is 4.09. The number of hydrogen-bond acceptors (Lipinski definition) is 2. The average Bonchev–Trinajstić information content (AvgIpc) is 2.45. The number of carbonyl (C=O) groups is 1. The minimum Gasteiger partial charge on any atom is -0.465 e. The van der Waals surface area contributed by atoms with E-state index in [9.17, 15) is 4.79 Å². The Morgan fingerprint density at radius 1 is 1.11 bits per heavy atom. The summed E-state index contributed by atoms with van der Waals surface area (Å²) in [5, 5.41) is 9.06. The fourth-order valence-corrected chi connectivity index (χ4v) is 2.74. The highest BCUT2D eigenvalue weighted by Gasteiger charge is 2.12. The number of anilines is 1. The monoisotopic (exact) mass is 273 g/mol. The second kappa shape index (κ2) is 6.29. The molecule has 0 bridgehead atoms. The maximum atomic E-state index is 11.0. The molecule has 4 heteroatoms. The molecule has 0 fully saturated rings. The second-order valence-electron chi connectivity index (χ2n) is 4.08. The summed E-state index contributed by atoms with van der Waals surface area (Å²) in [6.07, 6.45) is -0.951. The quantitative estimate of drug-likeness (QED) is 0.853. The number of benzene rings is 2. The molecule has 98 valence electrons. The molecular weight excluding hydrogens is 258 g/mol. The first kappa shape index (κ1) is 13.5. The van der Waals surface area contributed by atoms with Crippen molar-refractivity contribution in [1.29, 1.82) is 0 Å². The van der Waals surface area contributed by atoms with Gasteiger partial charge in [-0.3, -0.25) is 4.90 Å². The molecule has 1 N–H and O–H groups in total. The first-order valence-corrected chi connectivity index (χ1v) is 6.89. The molecule has 2 rings (SSSR count). The van der Waals surface area contributed by atoms with Crippen molar-refractivity contribution in [3.8, 4) is 0 Å². The fraction of sp³-hybridized carbons (Fsp3) is 0.133. The van der Waals surface area contributed by atoms with Crippen LogP contribution in [0.4, 0.5) is 10.5 Å². The molecule has 0 heterocycles. The number of carboxylic acid groups (broad SMARTS) is 1. The van der Waals surface area contributed by atoms with Crippen molar-refractivity contribution < 1.29 is 9.90 Å². The summed E-state index contributed by atoms with van der Waals surface area (Å²) < 4.78 is 0. The molecule has 0 saturated carbocycles. The normalized spacial score (nSPS) is 10.2. The Morgan fingerprint density at radius 2 is 1.74 bits per heavy atom. The Balaban J connectivity index is 2.14. The third-order valence-corrected chi connectivity index (χ3v) is 3.88. The molecule has 0 spiro atoms. The summed E-state index contributed by atoms with van der Waals surface area (Å²) >= 11 is 1.64. The van der Waals surface area contributed by atoms with Crippen LogP contribution in [-0.4, -0.2) is 18.2 Å². The van der Waals surface area contributed by atoms with Gasteiger partial charge in [0.25, 0.3) is 0 Å². The molecule has 0 aliphatic heterocycles. The summed E-state index contributed by atoms with van der Waals surface area (Å²) in [6.45, 7) is 0. The van der Waals surface area contributed by atoms with Crippen molar-refractivity contribution in [3.63, 3.8) is 0 Å². The summed E-state index contributed by atoms with van der Waals surface area (Å²) in [5.74, 6) is 0.825. The van der Waals surface area contributed by atoms with Gasteiger partial charge in [-0.15, -0.1) is 11.8 Å². The molecule has 3 nitrogen and oxygen atoms in total. The van der Waals surface area contributed by atoms with Crippen molar-refractivity contribution >= 4 is 23.5 Å². The third kappa shape index (κ3) is 3.51. The van der Waals surface area contributed by atoms with Crippen LogP contribution < -0.4 is 4.90 Å². The molecule has 19 heavy (non-hydrogen) atoms. The van der Waals surface area contributed by atoms with Gasteiger partial charge in [0.2, 0.25) is 0 Å². The van der Waals surface area contributed by atoms with Gasteiger partial charge < -0.3 is 5.11 Å². The zero-order valence-corrected chi connectivity index (χ0v) is 11.4. The van der Waals surface area contributed by atoms with Gasteiger partial charge in [0.05, 0.1) is 5.69 Å². The largest absolute Gasteiger partial charge is 0.465 e. The lowest BCUT2D eigenvalue weighted by Crippen LogP contribution is -2.24. The second-order valence-corrected chi connectivity index (χ2v) is 5.10. The lowest BCUT2D eigenvalue weighted by Gasteiger charge is -2.17. The minimum atomic E-state index is -0.951. The molecule has 1 amide bonds. The summed E-state index contributed by atoms with van der Waals surface area (Å²) in [6, 6.07) is 17.7. The van der Waals surface area contributed by atoms with Crippen molar-refractivity contribution in [2.75, 3.05) is 11.9 Å². The SMILES string of the molecule is CN(C(=O)O)c1ccccc1SCc1ccccc1. The lowest BCUT2D eigenvalue weighted by molar-refractivity contribution is 0.203. The third-order valence-electron chi connectivity index (χ3n) is 2.75. The first-order chi connectivity index (χ1) is 9.18. The Bertz CT molecular complexity index is 557. The number of nitrogens with zero attached hydrogens (tertiary/aromatic N) is 1.